The quantitative estimate of drug-likeness (QED) is 0.854. The maximum atomic E-state index is 4.57. The number of nitrogens with zero attached hydrogens (tertiary/aromatic N) is 2. The molecule has 0 amide bonds. The first-order chi connectivity index (χ1) is 9.11. The molecule has 1 aliphatic rings. The van der Waals surface area contributed by atoms with Crippen molar-refractivity contribution < 1.29 is 0 Å². The number of hydrogen-bond donors (Lipinski definition) is 1. The van der Waals surface area contributed by atoms with E-state index in [0.717, 1.165) is 17.3 Å². The van der Waals surface area contributed by atoms with Gasteiger partial charge in [-0.15, -0.1) is 10.2 Å². The fourth-order valence-electron chi connectivity index (χ4n) is 3.43. The largest absolute Gasteiger partial charge is 0.311 e. The van der Waals surface area contributed by atoms with Crippen molar-refractivity contribution in [2.24, 2.45) is 5.92 Å². The van der Waals surface area contributed by atoms with Crippen molar-refractivity contribution in [1.82, 2.24) is 15.5 Å². The van der Waals surface area contributed by atoms with E-state index in [1.807, 2.05) is 18.4 Å². The molecule has 1 saturated carbocycles. The Bertz CT molecular complexity index is 390. The van der Waals surface area contributed by atoms with Gasteiger partial charge in [0.1, 0.15) is 10.0 Å². The molecular formula is C15H27N3S. The van der Waals surface area contributed by atoms with Crippen LogP contribution in [0.1, 0.15) is 75.4 Å². The van der Waals surface area contributed by atoms with E-state index in [1.54, 1.807) is 0 Å². The van der Waals surface area contributed by atoms with Crippen LogP contribution >= 0.6 is 11.3 Å². The van der Waals surface area contributed by atoms with E-state index in [-0.39, 0.29) is 0 Å². The van der Waals surface area contributed by atoms with Gasteiger partial charge < -0.3 is 5.32 Å². The summed E-state index contributed by atoms with van der Waals surface area (Å²) < 4.78 is 0. The third-order valence-electron chi connectivity index (χ3n) is 4.31. The van der Waals surface area contributed by atoms with Gasteiger partial charge in [-0.1, -0.05) is 44.9 Å². The molecule has 19 heavy (non-hydrogen) atoms. The zero-order valence-corrected chi connectivity index (χ0v) is 13.5. The summed E-state index contributed by atoms with van der Waals surface area (Å²) in [6.07, 6.45) is 7.64. The molecule has 1 unspecified atom stereocenters. The van der Waals surface area contributed by atoms with E-state index in [2.05, 4.69) is 36.3 Å². The van der Waals surface area contributed by atoms with Crippen molar-refractivity contribution >= 4 is 11.3 Å². The lowest BCUT2D eigenvalue weighted by Crippen LogP contribution is -2.24. The molecule has 0 saturated heterocycles. The Morgan fingerprint density at radius 3 is 2.47 bits per heavy atom. The van der Waals surface area contributed by atoms with E-state index < -0.39 is 0 Å². The summed E-state index contributed by atoms with van der Waals surface area (Å²) in [5.74, 6) is 0.733. The van der Waals surface area contributed by atoms with Crippen LogP contribution in [0, 0.1) is 5.92 Å². The topological polar surface area (TPSA) is 37.8 Å². The molecule has 0 aromatic carbocycles. The maximum absolute atomic E-state index is 4.57. The van der Waals surface area contributed by atoms with Crippen molar-refractivity contribution in [3.05, 3.63) is 10.0 Å². The molecule has 0 bridgehead atoms. The summed E-state index contributed by atoms with van der Waals surface area (Å²) in [6, 6.07) is 0.365. The molecule has 3 nitrogen and oxygen atoms in total. The minimum absolute atomic E-state index is 0.329. The summed E-state index contributed by atoms with van der Waals surface area (Å²) in [6.45, 7) is 6.84. The summed E-state index contributed by atoms with van der Waals surface area (Å²) in [5.41, 5.74) is 0.329. The SMILES string of the molecule is CCC(NC)c1nnc(C2(CC(C)C)CCCC2)s1. The minimum atomic E-state index is 0.329. The van der Waals surface area contributed by atoms with Crippen LogP contribution in [0.3, 0.4) is 0 Å². The van der Waals surface area contributed by atoms with E-state index in [1.165, 1.54) is 37.1 Å². The van der Waals surface area contributed by atoms with Gasteiger partial charge in [0.2, 0.25) is 0 Å². The fraction of sp³-hybridized carbons (Fsp3) is 0.867. The van der Waals surface area contributed by atoms with E-state index in [9.17, 15) is 0 Å². The predicted octanol–water partition coefficient (Wildman–Crippen LogP) is 4.07. The molecular weight excluding hydrogens is 254 g/mol. The molecule has 1 aromatic heterocycles. The number of nitrogens with one attached hydrogen (secondary N) is 1. The van der Waals surface area contributed by atoms with Crippen LogP contribution in [-0.4, -0.2) is 17.2 Å². The van der Waals surface area contributed by atoms with Crippen LogP contribution in [0.15, 0.2) is 0 Å². The third kappa shape index (κ3) is 3.16. The smallest absolute Gasteiger partial charge is 0.134 e. The van der Waals surface area contributed by atoms with Crippen molar-refractivity contribution in [3.8, 4) is 0 Å². The Labute approximate surface area is 121 Å². The first-order valence-electron chi connectivity index (χ1n) is 7.62. The molecule has 4 heteroatoms. The fourth-order valence-corrected chi connectivity index (χ4v) is 4.72. The second-order valence-corrected chi connectivity index (χ2v) is 7.29. The van der Waals surface area contributed by atoms with Gasteiger partial charge in [0.15, 0.2) is 0 Å². The van der Waals surface area contributed by atoms with Gasteiger partial charge in [-0.3, -0.25) is 0 Å². The van der Waals surface area contributed by atoms with Crippen molar-refractivity contribution in [1.29, 1.82) is 0 Å². The summed E-state index contributed by atoms with van der Waals surface area (Å²) >= 11 is 1.84. The lowest BCUT2D eigenvalue weighted by Gasteiger charge is -2.28. The monoisotopic (exact) mass is 281 g/mol. The van der Waals surface area contributed by atoms with Crippen LogP contribution in [-0.2, 0) is 5.41 Å². The normalized spacial score (nSPS) is 20.1. The molecule has 1 heterocycles. The van der Waals surface area contributed by atoms with Crippen molar-refractivity contribution in [2.45, 2.75) is 70.8 Å². The van der Waals surface area contributed by atoms with Crippen LogP contribution < -0.4 is 5.32 Å². The Balaban J connectivity index is 2.23. The van der Waals surface area contributed by atoms with E-state index >= 15 is 0 Å². The Kier molecular flexibility index (Phi) is 4.96. The van der Waals surface area contributed by atoms with Crippen LogP contribution in [0.25, 0.3) is 0 Å². The highest BCUT2D eigenvalue weighted by molar-refractivity contribution is 7.11. The van der Waals surface area contributed by atoms with Gasteiger partial charge in [-0.2, -0.15) is 0 Å². The van der Waals surface area contributed by atoms with Gasteiger partial charge in [-0.25, -0.2) is 0 Å². The van der Waals surface area contributed by atoms with Crippen molar-refractivity contribution in [2.75, 3.05) is 7.05 Å². The zero-order valence-electron chi connectivity index (χ0n) is 12.7. The van der Waals surface area contributed by atoms with Crippen LogP contribution in [0.2, 0.25) is 0 Å². The molecule has 1 fully saturated rings. The second-order valence-electron chi connectivity index (χ2n) is 6.28. The third-order valence-corrected chi connectivity index (χ3v) is 5.59. The van der Waals surface area contributed by atoms with Crippen LogP contribution in [0.4, 0.5) is 0 Å². The van der Waals surface area contributed by atoms with Gasteiger partial charge in [0.05, 0.1) is 6.04 Å². The van der Waals surface area contributed by atoms with Gasteiger partial charge in [0, 0.05) is 5.41 Å². The Morgan fingerprint density at radius 2 is 1.95 bits per heavy atom. The molecule has 1 aliphatic carbocycles. The highest BCUT2D eigenvalue weighted by Gasteiger charge is 2.39. The summed E-state index contributed by atoms with van der Waals surface area (Å²) in [7, 11) is 2.01. The molecule has 0 spiro atoms. The van der Waals surface area contributed by atoms with Crippen LogP contribution in [0.5, 0.6) is 0 Å². The minimum Gasteiger partial charge on any atom is -0.311 e. The Hall–Kier alpha value is -0.480. The number of aromatic nitrogens is 2. The molecule has 0 radical (unpaired) electrons. The highest BCUT2D eigenvalue weighted by atomic mass is 32.1. The molecule has 1 aromatic rings. The first-order valence-corrected chi connectivity index (χ1v) is 8.44. The van der Waals surface area contributed by atoms with E-state index in [4.69, 9.17) is 0 Å². The highest BCUT2D eigenvalue weighted by Crippen LogP contribution is 2.46. The lowest BCUT2D eigenvalue weighted by atomic mass is 9.79. The predicted molar refractivity (Wildman–Crippen MR) is 81.6 cm³/mol. The van der Waals surface area contributed by atoms with Gasteiger partial charge >= 0.3 is 0 Å². The van der Waals surface area contributed by atoms with Gasteiger partial charge in [-0.05, 0) is 38.6 Å². The number of rotatable bonds is 6. The summed E-state index contributed by atoms with van der Waals surface area (Å²) in [4.78, 5) is 0. The molecule has 1 atom stereocenters. The van der Waals surface area contributed by atoms with E-state index in [0.29, 0.717) is 11.5 Å². The molecule has 0 aliphatic heterocycles. The molecule has 1 N–H and O–H groups in total. The van der Waals surface area contributed by atoms with Crippen molar-refractivity contribution in [3.63, 3.8) is 0 Å². The average Bonchev–Trinajstić information content (AvgIpc) is 3.00. The molecule has 108 valence electrons. The first kappa shape index (κ1) is 14.9. The molecule has 2 rings (SSSR count). The second kappa shape index (κ2) is 6.31. The lowest BCUT2D eigenvalue weighted by molar-refractivity contribution is 0.343. The number of hydrogen-bond acceptors (Lipinski definition) is 4. The average molecular weight is 281 g/mol. The summed E-state index contributed by atoms with van der Waals surface area (Å²) in [5, 5.41) is 14.8. The Morgan fingerprint density at radius 1 is 1.26 bits per heavy atom. The van der Waals surface area contributed by atoms with Gasteiger partial charge in [0.25, 0.3) is 0 Å². The zero-order chi connectivity index (χ0) is 13.9. The maximum Gasteiger partial charge on any atom is 0.134 e. The standard InChI is InChI=1S/C15H27N3S/c1-5-12(16-4)13-17-18-14(19-13)15(10-11(2)3)8-6-7-9-15/h11-12,16H,5-10H2,1-4H3.